The second kappa shape index (κ2) is 11.3. The Hall–Kier alpha value is -3.08. The zero-order chi connectivity index (χ0) is 24.9. The molecule has 2 aliphatic rings. The first-order valence-corrected chi connectivity index (χ1v) is 13.3. The molecule has 1 N–H and O–H groups in total. The number of fused-ring (bicyclic) bond motifs is 1. The van der Waals surface area contributed by atoms with Gasteiger partial charge in [0, 0.05) is 54.1 Å². The predicted molar refractivity (Wildman–Crippen MR) is 148 cm³/mol. The molecule has 186 valence electrons. The van der Waals surface area contributed by atoms with Crippen molar-refractivity contribution in [2.75, 3.05) is 19.6 Å². The minimum absolute atomic E-state index is 0.0165. The van der Waals surface area contributed by atoms with E-state index in [1.54, 1.807) is 0 Å². The predicted octanol–water partition coefficient (Wildman–Crippen LogP) is 6.67. The Morgan fingerprint density at radius 3 is 2.72 bits per heavy atom. The highest BCUT2D eigenvalue weighted by Gasteiger charge is 2.25. The van der Waals surface area contributed by atoms with Crippen molar-refractivity contribution in [3.05, 3.63) is 112 Å². The first kappa shape index (κ1) is 24.6. The summed E-state index contributed by atoms with van der Waals surface area (Å²) in [6.45, 7) is 8.66. The van der Waals surface area contributed by atoms with Crippen LogP contribution in [0.15, 0.2) is 79.4 Å². The van der Waals surface area contributed by atoms with Crippen LogP contribution in [0, 0.1) is 0 Å². The lowest BCUT2D eigenvalue weighted by atomic mass is 9.95. The van der Waals surface area contributed by atoms with E-state index >= 15 is 0 Å². The summed E-state index contributed by atoms with van der Waals surface area (Å²) in [5, 5.41) is 3.87. The van der Waals surface area contributed by atoms with Gasteiger partial charge in [0.25, 0.3) is 5.91 Å². The van der Waals surface area contributed by atoms with E-state index in [1.807, 2.05) is 30.3 Å². The van der Waals surface area contributed by atoms with Crippen molar-refractivity contribution in [2.45, 2.75) is 44.8 Å². The highest BCUT2D eigenvalue weighted by atomic mass is 35.5. The van der Waals surface area contributed by atoms with Crippen LogP contribution in [0.4, 0.5) is 0 Å². The van der Waals surface area contributed by atoms with Gasteiger partial charge in [-0.2, -0.15) is 0 Å². The number of amides is 1. The topological polar surface area (TPSA) is 35.6 Å². The quantitative estimate of drug-likeness (QED) is 0.351. The van der Waals surface area contributed by atoms with E-state index in [-0.39, 0.29) is 5.91 Å². The zero-order valence-corrected chi connectivity index (χ0v) is 21.5. The molecule has 1 unspecified atom stereocenters. The van der Waals surface area contributed by atoms with Gasteiger partial charge in [0.2, 0.25) is 0 Å². The van der Waals surface area contributed by atoms with Crippen LogP contribution < -0.4 is 5.32 Å². The monoisotopic (exact) mass is 499 g/mol. The van der Waals surface area contributed by atoms with Crippen LogP contribution in [0.25, 0.3) is 5.70 Å². The van der Waals surface area contributed by atoms with Gasteiger partial charge in [0.15, 0.2) is 0 Å². The highest BCUT2D eigenvalue weighted by Crippen LogP contribution is 2.34. The lowest BCUT2D eigenvalue weighted by Crippen LogP contribution is -2.36. The van der Waals surface area contributed by atoms with Crippen molar-refractivity contribution in [3.63, 3.8) is 0 Å². The number of benzene rings is 3. The summed E-state index contributed by atoms with van der Waals surface area (Å²) in [7, 11) is 0. The largest absolute Gasteiger partial charge is 0.363 e. The van der Waals surface area contributed by atoms with E-state index in [2.05, 4.69) is 64.2 Å². The number of likely N-dealkylation sites (tertiary alicyclic amines) is 1. The summed E-state index contributed by atoms with van der Waals surface area (Å²) < 4.78 is 0. The Balaban J connectivity index is 1.14. The number of rotatable bonds is 8. The van der Waals surface area contributed by atoms with Crippen LogP contribution in [0.3, 0.4) is 0 Å². The van der Waals surface area contributed by atoms with Crippen molar-refractivity contribution in [1.82, 2.24) is 15.1 Å². The normalized spacial score (nSPS) is 17.8. The summed E-state index contributed by atoms with van der Waals surface area (Å²) >= 11 is 6.15. The Morgan fingerprint density at radius 1 is 1.03 bits per heavy atom. The van der Waals surface area contributed by atoms with Gasteiger partial charge in [-0.15, -0.1) is 0 Å². The van der Waals surface area contributed by atoms with Crippen LogP contribution in [-0.4, -0.2) is 35.3 Å². The molecule has 2 aliphatic heterocycles. The molecule has 0 bridgehead atoms. The highest BCUT2D eigenvalue weighted by molar-refractivity contribution is 6.30. The smallest absolute Gasteiger partial charge is 0.251 e. The maximum Gasteiger partial charge on any atom is 0.251 e. The van der Waals surface area contributed by atoms with E-state index in [4.69, 9.17) is 11.6 Å². The van der Waals surface area contributed by atoms with Crippen molar-refractivity contribution in [1.29, 1.82) is 0 Å². The summed E-state index contributed by atoms with van der Waals surface area (Å²) in [4.78, 5) is 17.7. The number of halogens is 1. The molecule has 1 atom stereocenters. The second-order valence-electron chi connectivity index (χ2n) is 9.87. The fourth-order valence-corrected chi connectivity index (χ4v) is 5.71. The molecule has 0 radical (unpaired) electrons. The van der Waals surface area contributed by atoms with Crippen molar-refractivity contribution in [3.8, 4) is 0 Å². The number of hydrogen-bond acceptors (Lipinski definition) is 3. The van der Waals surface area contributed by atoms with Crippen LogP contribution >= 0.6 is 11.6 Å². The summed E-state index contributed by atoms with van der Waals surface area (Å²) in [6, 6.07) is 25.2. The minimum atomic E-state index is -0.0165. The first-order chi connectivity index (χ1) is 17.6. The molecule has 0 aromatic heterocycles. The first-order valence-electron chi connectivity index (χ1n) is 13.0. The fraction of sp³-hybridized carbons (Fsp3) is 0.323. The fourth-order valence-electron chi connectivity index (χ4n) is 5.50. The van der Waals surface area contributed by atoms with Gasteiger partial charge < -0.3 is 10.2 Å². The van der Waals surface area contributed by atoms with Gasteiger partial charge in [0.1, 0.15) is 0 Å². The molecule has 0 spiro atoms. The van der Waals surface area contributed by atoms with Crippen molar-refractivity contribution in [2.24, 2.45) is 0 Å². The van der Waals surface area contributed by atoms with Gasteiger partial charge in [-0.25, -0.2) is 0 Å². The van der Waals surface area contributed by atoms with Crippen LogP contribution in [0.1, 0.15) is 64.3 Å². The standard InChI is InChI=1S/C31H34ClN3O/c1-23-29-20-26(14-15-27(29)22-35(23)21-24-9-7-12-28(32)19-24)31(36)33-16-8-18-34-17-6-5-13-30(34)25-10-3-2-4-11-25/h2-4,7,9-12,14-15,19-20,30H,1,5-6,8,13,16-18,21-22H2,(H,33,36). The molecule has 1 saturated heterocycles. The maximum atomic E-state index is 12.9. The van der Waals surface area contributed by atoms with Gasteiger partial charge in [-0.1, -0.05) is 73.1 Å². The Kier molecular flexibility index (Phi) is 7.74. The van der Waals surface area contributed by atoms with Gasteiger partial charge in [-0.05, 0) is 66.8 Å². The van der Waals surface area contributed by atoms with E-state index in [1.165, 1.54) is 30.4 Å². The van der Waals surface area contributed by atoms with E-state index in [0.29, 0.717) is 18.2 Å². The molecule has 2 heterocycles. The van der Waals surface area contributed by atoms with E-state index in [9.17, 15) is 4.79 Å². The molecule has 0 saturated carbocycles. The maximum absolute atomic E-state index is 12.9. The zero-order valence-electron chi connectivity index (χ0n) is 20.8. The molecule has 1 fully saturated rings. The molecule has 0 aliphatic carbocycles. The molecular formula is C31H34ClN3O. The Bertz CT molecular complexity index is 1230. The molecule has 36 heavy (non-hydrogen) atoms. The van der Waals surface area contributed by atoms with Crippen LogP contribution in [-0.2, 0) is 13.1 Å². The van der Waals surface area contributed by atoms with E-state index in [0.717, 1.165) is 54.4 Å². The summed E-state index contributed by atoms with van der Waals surface area (Å²) in [6.07, 6.45) is 4.69. The van der Waals surface area contributed by atoms with Gasteiger partial charge in [0.05, 0.1) is 0 Å². The average molecular weight is 500 g/mol. The molecule has 3 aromatic rings. The molecule has 5 heteroatoms. The number of nitrogens with zero attached hydrogens (tertiary/aromatic N) is 2. The summed E-state index contributed by atoms with van der Waals surface area (Å²) in [5.74, 6) is -0.0165. The third kappa shape index (κ3) is 5.66. The van der Waals surface area contributed by atoms with Crippen molar-refractivity contribution < 1.29 is 4.79 Å². The lowest BCUT2D eigenvalue weighted by molar-refractivity contribution is 0.0947. The van der Waals surface area contributed by atoms with Gasteiger partial charge >= 0.3 is 0 Å². The third-order valence-electron chi connectivity index (χ3n) is 7.39. The average Bonchev–Trinajstić information content (AvgIpc) is 3.21. The Labute approximate surface area is 219 Å². The molecule has 5 rings (SSSR count). The Morgan fingerprint density at radius 2 is 1.89 bits per heavy atom. The van der Waals surface area contributed by atoms with E-state index < -0.39 is 0 Å². The molecule has 3 aromatic carbocycles. The second-order valence-corrected chi connectivity index (χ2v) is 10.3. The minimum Gasteiger partial charge on any atom is -0.363 e. The number of carbonyl (C=O) groups excluding carboxylic acids is 1. The third-order valence-corrected chi connectivity index (χ3v) is 7.63. The van der Waals surface area contributed by atoms with Crippen LogP contribution in [0.2, 0.25) is 5.02 Å². The van der Waals surface area contributed by atoms with Gasteiger partial charge in [-0.3, -0.25) is 9.69 Å². The lowest BCUT2D eigenvalue weighted by Gasteiger charge is -2.36. The number of nitrogens with one attached hydrogen (secondary N) is 1. The van der Waals surface area contributed by atoms with Crippen LogP contribution in [0.5, 0.6) is 0 Å². The molecule has 4 nitrogen and oxygen atoms in total. The summed E-state index contributed by atoms with van der Waals surface area (Å²) in [5.41, 5.74) is 6.47. The number of carbonyl (C=O) groups is 1. The van der Waals surface area contributed by atoms with Crippen molar-refractivity contribution >= 4 is 23.2 Å². The SMILES string of the molecule is C=C1c2cc(C(=O)NCCCN3CCCCC3c3ccccc3)ccc2CN1Cc1cccc(Cl)c1. The number of hydrogen-bond donors (Lipinski definition) is 1. The number of piperidine rings is 1. The molecule has 1 amide bonds. The molecular weight excluding hydrogens is 466 g/mol.